The van der Waals surface area contributed by atoms with E-state index in [2.05, 4.69) is 4.98 Å². The molecule has 0 bridgehead atoms. The maximum atomic E-state index is 10.2. The van der Waals surface area contributed by atoms with Crippen LogP contribution >= 0.6 is 23.4 Å². The molecule has 1 aromatic rings. The number of imidazole rings is 1. The smallest absolute Gasteiger partial charge is 0.373 e. The lowest BCUT2D eigenvalue weighted by Gasteiger charge is -1.87. The van der Waals surface area contributed by atoms with Crippen molar-refractivity contribution in [3.8, 4) is 0 Å². The highest BCUT2D eigenvalue weighted by molar-refractivity contribution is 6.30. The molecule has 1 heterocycles. The van der Waals surface area contributed by atoms with Crippen LogP contribution in [0.2, 0.25) is 5.15 Å². The van der Waals surface area contributed by atoms with Gasteiger partial charge in [-0.3, -0.25) is 0 Å². The molecule has 0 saturated carbocycles. The Morgan fingerprint density at radius 2 is 2.40 bits per heavy atom. The quantitative estimate of drug-likeness (QED) is 0.708. The number of hydrogen-bond donors (Lipinski definition) is 1. The lowest BCUT2D eigenvalue weighted by atomic mass is 10.6. The van der Waals surface area contributed by atoms with Crippen LogP contribution in [0.5, 0.6) is 0 Å². The Balaban J connectivity index is 3.15. The zero-order chi connectivity index (χ0) is 7.72. The van der Waals surface area contributed by atoms with Gasteiger partial charge in [0.05, 0.1) is 6.20 Å². The Labute approximate surface area is 66.1 Å². The Bertz CT molecular complexity index is 270. The van der Waals surface area contributed by atoms with Crippen molar-refractivity contribution in [2.45, 2.75) is 0 Å². The summed E-state index contributed by atoms with van der Waals surface area (Å²) in [5.41, 5.74) is 0. The van der Waals surface area contributed by atoms with Crippen LogP contribution in [0.4, 0.5) is 0 Å². The Morgan fingerprint density at radius 1 is 1.80 bits per heavy atom. The predicted molar refractivity (Wildman–Crippen MR) is 35.4 cm³/mol. The summed E-state index contributed by atoms with van der Waals surface area (Å²) in [7, 11) is 0. The molecule has 4 nitrogen and oxygen atoms in total. The SMILES string of the molecule is O=C(O)c1nc(Cl)cn1Cl. The molecule has 0 aliphatic carbocycles. The summed E-state index contributed by atoms with van der Waals surface area (Å²) in [6, 6.07) is 0. The summed E-state index contributed by atoms with van der Waals surface area (Å²) in [5, 5.41) is 8.41. The lowest BCUT2D eigenvalue weighted by Crippen LogP contribution is -2.02. The first-order valence-electron chi connectivity index (χ1n) is 2.25. The second kappa shape index (κ2) is 2.48. The molecule has 0 fully saturated rings. The van der Waals surface area contributed by atoms with Crippen LogP contribution in [-0.4, -0.2) is 20.1 Å². The molecular formula is C4H2Cl2N2O2. The molecule has 0 spiro atoms. The average molecular weight is 181 g/mol. The first-order chi connectivity index (χ1) is 4.61. The highest BCUT2D eigenvalue weighted by Crippen LogP contribution is 2.09. The van der Waals surface area contributed by atoms with Crippen molar-refractivity contribution in [2.75, 3.05) is 0 Å². The fourth-order valence-corrected chi connectivity index (χ4v) is 0.902. The maximum absolute atomic E-state index is 10.2. The van der Waals surface area contributed by atoms with Gasteiger partial charge in [0, 0.05) is 11.8 Å². The standard InChI is InChI=1S/C4H2Cl2N2O2/c5-2-1-8(6)3(7-2)4(9)10/h1H,(H,9,10). The molecule has 54 valence electrons. The fourth-order valence-electron chi connectivity index (χ4n) is 0.472. The number of nitrogens with zero attached hydrogens (tertiary/aromatic N) is 2. The molecule has 0 saturated heterocycles. The molecule has 0 amide bonds. The number of hydrogen-bond acceptors (Lipinski definition) is 2. The van der Waals surface area contributed by atoms with E-state index in [9.17, 15) is 4.79 Å². The van der Waals surface area contributed by atoms with Crippen molar-refractivity contribution in [1.29, 1.82) is 0 Å². The summed E-state index contributed by atoms with van der Waals surface area (Å²) in [4.78, 5) is 13.6. The largest absolute Gasteiger partial charge is 0.475 e. The second-order valence-corrected chi connectivity index (χ2v) is 2.26. The molecule has 6 heteroatoms. The zero-order valence-corrected chi connectivity index (χ0v) is 6.10. The average Bonchev–Trinajstić information content (AvgIpc) is 2.10. The number of aromatic nitrogens is 2. The molecule has 0 aliphatic rings. The number of rotatable bonds is 1. The van der Waals surface area contributed by atoms with Gasteiger partial charge in [0.25, 0.3) is 0 Å². The lowest BCUT2D eigenvalue weighted by molar-refractivity contribution is 0.0683. The van der Waals surface area contributed by atoms with Crippen LogP contribution in [0.25, 0.3) is 0 Å². The molecule has 0 unspecified atom stereocenters. The van der Waals surface area contributed by atoms with Gasteiger partial charge in [-0.2, -0.15) is 0 Å². The topological polar surface area (TPSA) is 55.1 Å². The van der Waals surface area contributed by atoms with Gasteiger partial charge in [-0.05, 0) is 0 Å². The fraction of sp³-hybridized carbons (Fsp3) is 0. The van der Waals surface area contributed by atoms with Crippen LogP contribution in [-0.2, 0) is 0 Å². The van der Waals surface area contributed by atoms with Gasteiger partial charge < -0.3 is 5.11 Å². The van der Waals surface area contributed by atoms with Gasteiger partial charge in [0.2, 0.25) is 5.82 Å². The van der Waals surface area contributed by atoms with Crippen molar-refractivity contribution in [1.82, 2.24) is 9.07 Å². The third-order valence-corrected chi connectivity index (χ3v) is 1.27. The summed E-state index contributed by atoms with van der Waals surface area (Å²) < 4.78 is 0.824. The van der Waals surface area contributed by atoms with Gasteiger partial charge in [-0.1, -0.05) is 11.6 Å². The summed E-state index contributed by atoms with van der Waals surface area (Å²) in [5.74, 6) is -1.49. The monoisotopic (exact) mass is 180 g/mol. The highest BCUT2D eigenvalue weighted by atomic mass is 35.5. The van der Waals surface area contributed by atoms with Gasteiger partial charge in [-0.25, -0.2) is 13.9 Å². The molecule has 1 rings (SSSR count). The molecule has 0 aromatic carbocycles. The van der Waals surface area contributed by atoms with E-state index in [-0.39, 0.29) is 11.0 Å². The number of carboxylic acid groups (broad SMARTS) is 1. The second-order valence-electron chi connectivity index (χ2n) is 1.50. The van der Waals surface area contributed by atoms with E-state index < -0.39 is 5.97 Å². The molecule has 0 atom stereocenters. The van der Waals surface area contributed by atoms with E-state index in [0.29, 0.717) is 0 Å². The molecular weight excluding hydrogens is 179 g/mol. The summed E-state index contributed by atoms with van der Waals surface area (Å²) in [6.07, 6.45) is 1.20. The Hall–Kier alpha value is -0.740. The van der Waals surface area contributed by atoms with E-state index in [4.69, 9.17) is 28.5 Å². The van der Waals surface area contributed by atoms with Crippen LogP contribution in [0.15, 0.2) is 6.20 Å². The third kappa shape index (κ3) is 1.22. The van der Waals surface area contributed by atoms with Crippen LogP contribution in [0, 0.1) is 0 Å². The third-order valence-electron chi connectivity index (χ3n) is 0.826. The number of carboxylic acids is 1. The minimum absolute atomic E-state index is 0.0624. The number of carbonyl (C=O) groups is 1. The van der Waals surface area contributed by atoms with E-state index >= 15 is 0 Å². The van der Waals surface area contributed by atoms with Gasteiger partial charge in [0.15, 0.2) is 0 Å². The maximum Gasteiger partial charge on any atom is 0.373 e. The molecule has 1 N–H and O–H groups in total. The van der Waals surface area contributed by atoms with Crippen molar-refractivity contribution >= 4 is 29.3 Å². The summed E-state index contributed by atoms with van der Waals surface area (Å²) >= 11 is 10.7. The normalized spacial score (nSPS) is 9.80. The van der Waals surface area contributed by atoms with Gasteiger partial charge >= 0.3 is 5.97 Å². The van der Waals surface area contributed by atoms with Crippen molar-refractivity contribution < 1.29 is 9.90 Å². The van der Waals surface area contributed by atoms with Crippen LogP contribution < -0.4 is 0 Å². The number of aromatic carboxylic acids is 1. The van der Waals surface area contributed by atoms with Crippen molar-refractivity contribution in [2.24, 2.45) is 0 Å². The minimum atomic E-state index is -1.21. The van der Waals surface area contributed by atoms with E-state index in [1.54, 1.807) is 0 Å². The predicted octanol–water partition coefficient (Wildman–Crippen LogP) is 1.24. The van der Waals surface area contributed by atoms with Crippen LogP contribution in [0.1, 0.15) is 10.6 Å². The van der Waals surface area contributed by atoms with Crippen molar-refractivity contribution in [3.05, 3.63) is 17.2 Å². The zero-order valence-electron chi connectivity index (χ0n) is 4.58. The van der Waals surface area contributed by atoms with Gasteiger partial charge in [0.1, 0.15) is 5.15 Å². The molecule has 1 aromatic heterocycles. The molecule has 10 heavy (non-hydrogen) atoms. The minimum Gasteiger partial charge on any atom is -0.475 e. The summed E-state index contributed by atoms with van der Waals surface area (Å²) in [6.45, 7) is 0. The van der Waals surface area contributed by atoms with Crippen molar-refractivity contribution in [3.63, 3.8) is 0 Å². The first-order valence-corrected chi connectivity index (χ1v) is 2.97. The van der Waals surface area contributed by atoms with E-state index in [1.807, 2.05) is 0 Å². The van der Waals surface area contributed by atoms with Crippen LogP contribution in [0.3, 0.4) is 0 Å². The number of halogens is 2. The van der Waals surface area contributed by atoms with E-state index in [0.717, 1.165) is 4.09 Å². The van der Waals surface area contributed by atoms with Gasteiger partial charge in [-0.15, -0.1) is 0 Å². The Morgan fingerprint density at radius 3 is 2.60 bits per heavy atom. The Kier molecular flexibility index (Phi) is 1.82. The molecule has 0 radical (unpaired) electrons. The molecule has 0 aliphatic heterocycles. The highest BCUT2D eigenvalue weighted by Gasteiger charge is 2.11. The first kappa shape index (κ1) is 7.37. The van der Waals surface area contributed by atoms with E-state index in [1.165, 1.54) is 6.20 Å².